The Balaban J connectivity index is 1.48. The van der Waals surface area contributed by atoms with Crippen LogP contribution < -0.4 is 18.5 Å². The van der Waals surface area contributed by atoms with E-state index in [9.17, 15) is 8.42 Å². The molecule has 0 bridgehead atoms. The number of nitrogens with zero attached hydrogens (tertiary/aromatic N) is 3. The molecule has 0 fully saturated rings. The van der Waals surface area contributed by atoms with Gasteiger partial charge in [-0.25, -0.2) is 8.42 Å². The number of sulfonamides is 1. The SMILES string of the molecule is COc1cccc(N(C)S(=O)(=O)c2ccsc2-c2nc(-c3ccc4c(c3)OCO4)no2)c1. The molecule has 0 atom stereocenters. The number of thiophene rings is 1. The molecule has 0 saturated carbocycles. The summed E-state index contributed by atoms with van der Waals surface area (Å²) in [6.07, 6.45) is 0. The molecule has 0 aliphatic carbocycles. The van der Waals surface area contributed by atoms with Crippen LogP contribution in [0, 0.1) is 0 Å². The highest BCUT2D eigenvalue weighted by molar-refractivity contribution is 7.93. The van der Waals surface area contributed by atoms with E-state index in [-0.39, 0.29) is 17.6 Å². The number of aromatic nitrogens is 2. The number of benzene rings is 2. The topological polar surface area (TPSA) is 104 Å². The summed E-state index contributed by atoms with van der Waals surface area (Å²) in [5.41, 5.74) is 1.13. The first-order valence-corrected chi connectivity index (χ1v) is 11.7. The van der Waals surface area contributed by atoms with E-state index in [1.54, 1.807) is 47.8 Å². The molecule has 1 aliphatic heterocycles. The summed E-state index contributed by atoms with van der Waals surface area (Å²) in [6.45, 7) is 0.160. The van der Waals surface area contributed by atoms with Crippen LogP contribution in [0.5, 0.6) is 17.2 Å². The summed E-state index contributed by atoms with van der Waals surface area (Å²) >= 11 is 1.21. The number of fused-ring (bicyclic) bond motifs is 1. The number of hydrogen-bond donors (Lipinski definition) is 0. The zero-order chi connectivity index (χ0) is 22.3. The van der Waals surface area contributed by atoms with Gasteiger partial charge in [0.25, 0.3) is 15.9 Å². The largest absolute Gasteiger partial charge is 0.497 e. The molecule has 164 valence electrons. The molecular weight excluding hydrogens is 454 g/mol. The molecular formula is C21H17N3O6S2. The highest BCUT2D eigenvalue weighted by atomic mass is 32.2. The third kappa shape index (κ3) is 3.45. The van der Waals surface area contributed by atoms with E-state index in [4.69, 9.17) is 18.7 Å². The lowest BCUT2D eigenvalue weighted by Crippen LogP contribution is -2.26. The number of methoxy groups -OCH3 is 1. The van der Waals surface area contributed by atoms with Crippen LogP contribution in [0.3, 0.4) is 0 Å². The van der Waals surface area contributed by atoms with Crippen molar-refractivity contribution < 1.29 is 27.2 Å². The van der Waals surface area contributed by atoms with Crippen molar-refractivity contribution in [2.75, 3.05) is 25.3 Å². The summed E-state index contributed by atoms with van der Waals surface area (Å²) in [4.78, 5) is 4.85. The summed E-state index contributed by atoms with van der Waals surface area (Å²) < 4.78 is 49.2. The summed E-state index contributed by atoms with van der Waals surface area (Å²) in [5.74, 6) is 2.22. The van der Waals surface area contributed by atoms with Gasteiger partial charge in [0.15, 0.2) is 11.5 Å². The highest BCUT2D eigenvalue weighted by Crippen LogP contribution is 2.38. The lowest BCUT2D eigenvalue weighted by Gasteiger charge is -2.19. The molecule has 4 aromatic rings. The molecule has 0 N–H and O–H groups in total. The number of hydrogen-bond acceptors (Lipinski definition) is 9. The first kappa shape index (κ1) is 20.3. The Hall–Kier alpha value is -3.57. The Morgan fingerprint density at radius 2 is 1.94 bits per heavy atom. The quantitative estimate of drug-likeness (QED) is 0.415. The summed E-state index contributed by atoms with van der Waals surface area (Å²) in [7, 11) is -0.883. The first-order chi connectivity index (χ1) is 15.5. The van der Waals surface area contributed by atoms with Crippen molar-refractivity contribution in [3.05, 3.63) is 53.9 Å². The van der Waals surface area contributed by atoms with Gasteiger partial charge in [-0.2, -0.15) is 4.98 Å². The number of ether oxygens (including phenoxy) is 3. The second-order valence-electron chi connectivity index (χ2n) is 6.78. The van der Waals surface area contributed by atoms with Gasteiger partial charge < -0.3 is 18.7 Å². The Bertz CT molecular complexity index is 1400. The molecule has 2 aromatic heterocycles. The van der Waals surface area contributed by atoms with Crippen molar-refractivity contribution in [2.24, 2.45) is 0 Å². The van der Waals surface area contributed by atoms with Gasteiger partial charge in [-0.05, 0) is 41.8 Å². The van der Waals surface area contributed by atoms with Gasteiger partial charge in [-0.15, -0.1) is 11.3 Å². The standard InChI is InChI=1S/C21H17N3O6S2/c1-24(14-4-3-5-15(11-14)27-2)32(25,26)18-8-9-31-19(18)21-22-20(23-30-21)13-6-7-16-17(10-13)29-12-28-16/h3-11H,12H2,1-2H3. The third-order valence-electron chi connectivity index (χ3n) is 4.94. The molecule has 2 aromatic carbocycles. The van der Waals surface area contributed by atoms with Crippen LogP contribution in [0.15, 0.2) is 63.3 Å². The molecule has 9 nitrogen and oxygen atoms in total. The summed E-state index contributed by atoms with van der Waals surface area (Å²) in [5, 5.41) is 5.69. The zero-order valence-corrected chi connectivity index (χ0v) is 18.6. The monoisotopic (exact) mass is 471 g/mol. The molecule has 1 aliphatic rings. The predicted octanol–water partition coefficient (Wildman–Crippen LogP) is 4.03. The van der Waals surface area contributed by atoms with Gasteiger partial charge in [-0.3, -0.25) is 4.31 Å². The normalized spacial score (nSPS) is 12.7. The van der Waals surface area contributed by atoms with E-state index in [2.05, 4.69) is 10.1 Å². The molecule has 3 heterocycles. The molecule has 0 unspecified atom stereocenters. The molecule has 11 heteroatoms. The predicted molar refractivity (Wildman–Crippen MR) is 118 cm³/mol. The highest BCUT2D eigenvalue weighted by Gasteiger charge is 2.29. The second-order valence-corrected chi connectivity index (χ2v) is 9.63. The molecule has 0 saturated heterocycles. The third-order valence-corrected chi connectivity index (χ3v) is 7.80. The first-order valence-electron chi connectivity index (χ1n) is 9.42. The Kier molecular flexibility index (Phi) is 4.98. The Morgan fingerprint density at radius 1 is 1.09 bits per heavy atom. The lowest BCUT2D eigenvalue weighted by molar-refractivity contribution is 0.174. The van der Waals surface area contributed by atoms with Crippen LogP contribution in [0.4, 0.5) is 5.69 Å². The smallest absolute Gasteiger partial charge is 0.269 e. The maximum atomic E-state index is 13.4. The van der Waals surface area contributed by atoms with E-state index in [1.165, 1.54) is 35.9 Å². The fourth-order valence-electron chi connectivity index (χ4n) is 3.22. The van der Waals surface area contributed by atoms with Crippen molar-refractivity contribution in [1.82, 2.24) is 10.1 Å². The molecule has 0 spiro atoms. The molecule has 5 rings (SSSR count). The average molecular weight is 472 g/mol. The second kappa shape index (κ2) is 7.84. The van der Waals surface area contributed by atoms with Crippen LogP contribution >= 0.6 is 11.3 Å². The molecule has 32 heavy (non-hydrogen) atoms. The lowest BCUT2D eigenvalue weighted by atomic mass is 10.2. The minimum atomic E-state index is -3.89. The maximum Gasteiger partial charge on any atom is 0.269 e. The average Bonchev–Trinajstić information content (AvgIpc) is 3.57. The molecule has 0 radical (unpaired) electrons. The van der Waals surface area contributed by atoms with Gasteiger partial charge in [0.05, 0.1) is 12.8 Å². The van der Waals surface area contributed by atoms with Crippen LogP contribution in [0.1, 0.15) is 0 Å². The Morgan fingerprint density at radius 3 is 2.78 bits per heavy atom. The van der Waals surface area contributed by atoms with Gasteiger partial charge in [0, 0.05) is 18.7 Å². The van der Waals surface area contributed by atoms with Crippen molar-refractivity contribution in [3.8, 4) is 39.4 Å². The fraction of sp³-hybridized carbons (Fsp3) is 0.143. The van der Waals surface area contributed by atoms with E-state index >= 15 is 0 Å². The van der Waals surface area contributed by atoms with Crippen molar-refractivity contribution in [2.45, 2.75) is 4.90 Å². The minimum Gasteiger partial charge on any atom is -0.497 e. The zero-order valence-electron chi connectivity index (χ0n) is 17.0. The maximum absolute atomic E-state index is 13.4. The van der Waals surface area contributed by atoms with Crippen LogP contribution in [-0.2, 0) is 10.0 Å². The van der Waals surface area contributed by atoms with Crippen molar-refractivity contribution >= 4 is 27.0 Å². The van der Waals surface area contributed by atoms with Crippen molar-refractivity contribution in [3.63, 3.8) is 0 Å². The minimum absolute atomic E-state index is 0.0775. The fourth-order valence-corrected chi connectivity index (χ4v) is 5.72. The van der Waals surface area contributed by atoms with Crippen LogP contribution in [0.2, 0.25) is 0 Å². The number of rotatable bonds is 6. The molecule has 0 amide bonds. The van der Waals surface area contributed by atoms with Crippen LogP contribution in [-0.4, -0.2) is 39.5 Å². The van der Waals surface area contributed by atoms with E-state index in [1.807, 2.05) is 0 Å². The summed E-state index contributed by atoms with van der Waals surface area (Å²) in [6, 6.07) is 13.6. The van der Waals surface area contributed by atoms with E-state index < -0.39 is 10.0 Å². The number of anilines is 1. The van der Waals surface area contributed by atoms with Crippen molar-refractivity contribution in [1.29, 1.82) is 0 Å². The van der Waals surface area contributed by atoms with Gasteiger partial charge in [0.1, 0.15) is 15.5 Å². The Labute approximate surface area is 187 Å². The van der Waals surface area contributed by atoms with Gasteiger partial charge in [-0.1, -0.05) is 11.2 Å². The van der Waals surface area contributed by atoms with Gasteiger partial charge >= 0.3 is 0 Å². The van der Waals surface area contributed by atoms with Crippen LogP contribution in [0.25, 0.3) is 22.2 Å². The van der Waals surface area contributed by atoms with E-state index in [0.29, 0.717) is 39.2 Å². The van der Waals surface area contributed by atoms with E-state index in [0.717, 1.165) is 0 Å². The van der Waals surface area contributed by atoms with Gasteiger partial charge in [0.2, 0.25) is 12.6 Å².